The second kappa shape index (κ2) is 12.2. The predicted molar refractivity (Wildman–Crippen MR) is 131 cm³/mol. The fourth-order valence-corrected chi connectivity index (χ4v) is 3.48. The Morgan fingerprint density at radius 3 is 2.45 bits per heavy atom. The molecule has 0 atom stereocenters. The number of nitrogens with one attached hydrogen (secondary N) is 1. The minimum atomic E-state index is -0.336. The van der Waals surface area contributed by atoms with E-state index in [9.17, 15) is 9.59 Å². The first-order valence-electron chi connectivity index (χ1n) is 11.1. The van der Waals surface area contributed by atoms with E-state index in [1.807, 2.05) is 13.0 Å². The van der Waals surface area contributed by atoms with Crippen molar-refractivity contribution in [2.24, 2.45) is 0 Å². The third kappa shape index (κ3) is 6.67. The van der Waals surface area contributed by atoms with Gasteiger partial charge in [-0.3, -0.25) is 9.59 Å². The van der Waals surface area contributed by atoms with Crippen LogP contribution in [0.1, 0.15) is 58.5 Å². The normalized spacial score (nSPS) is 10.6. The number of carbonyl (C=O) groups is 2. The molecule has 0 aliphatic heterocycles. The largest absolute Gasteiger partial charge is 0.494 e. The Morgan fingerprint density at radius 1 is 0.939 bits per heavy atom. The van der Waals surface area contributed by atoms with Crippen LogP contribution in [0.2, 0.25) is 5.02 Å². The number of unbranched alkanes of at least 4 members (excludes halogenated alkanes) is 1. The van der Waals surface area contributed by atoms with Crippen LogP contribution in [-0.4, -0.2) is 24.9 Å². The molecular formula is C27H28ClNO4. The third-order valence-electron chi connectivity index (χ3n) is 5.03. The van der Waals surface area contributed by atoms with Crippen LogP contribution >= 0.6 is 11.6 Å². The summed E-state index contributed by atoms with van der Waals surface area (Å²) in [5.74, 6) is 0.138. The van der Waals surface area contributed by atoms with Gasteiger partial charge in [-0.2, -0.15) is 0 Å². The summed E-state index contributed by atoms with van der Waals surface area (Å²) in [4.78, 5) is 26.1. The van der Waals surface area contributed by atoms with Crippen LogP contribution in [-0.2, 0) is 11.3 Å². The molecule has 0 aliphatic rings. The van der Waals surface area contributed by atoms with Crippen molar-refractivity contribution in [3.63, 3.8) is 0 Å². The Balaban J connectivity index is 1.84. The lowest BCUT2D eigenvalue weighted by atomic mass is 10.0. The number of anilines is 1. The fraction of sp³-hybridized carbons (Fsp3) is 0.259. The zero-order valence-corrected chi connectivity index (χ0v) is 19.7. The van der Waals surface area contributed by atoms with Gasteiger partial charge in [0.1, 0.15) is 5.75 Å². The summed E-state index contributed by atoms with van der Waals surface area (Å²) in [6.45, 7) is 5.54. The average molecular weight is 466 g/mol. The molecule has 0 saturated carbocycles. The van der Waals surface area contributed by atoms with E-state index in [0.29, 0.717) is 53.0 Å². The second-order valence-electron chi connectivity index (χ2n) is 7.50. The lowest BCUT2D eigenvalue weighted by Crippen LogP contribution is -2.16. The van der Waals surface area contributed by atoms with E-state index in [-0.39, 0.29) is 11.7 Å². The van der Waals surface area contributed by atoms with Crippen molar-refractivity contribution in [2.75, 3.05) is 18.5 Å². The number of halogens is 1. The van der Waals surface area contributed by atoms with Gasteiger partial charge in [0.25, 0.3) is 5.91 Å². The standard InChI is InChI=1S/C27H28ClNO4/c1-3-5-15-32-18-21-16-20(11-14-25(21)33-4-2)27(31)29-24-13-12-22(28)17-23(24)26(30)19-9-7-6-8-10-19/h6-14,16-17H,3-5,15,18H2,1-2H3,(H,29,31). The Kier molecular flexibility index (Phi) is 9.04. The van der Waals surface area contributed by atoms with Crippen LogP contribution in [0.3, 0.4) is 0 Å². The number of carbonyl (C=O) groups excluding carboxylic acids is 2. The summed E-state index contributed by atoms with van der Waals surface area (Å²) < 4.78 is 11.4. The van der Waals surface area contributed by atoms with Crippen molar-refractivity contribution < 1.29 is 19.1 Å². The molecule has 1 amide bonds. The number of rotatable bonds is 11. The minimum absolute atomic E-state index is 0.217. The van der Waals surface area contributed by atoms with E-state index in [2.05, 4.69) is 12.2 Å². The van der Waals surface area contributed by atoms with Crippen LogP contribution in [0.4, 0.5) is 5.69 Å². The number of benzene rings is 3. The van der Waals surface area contributed by atoms with Crippen molar-refractivity contribution in [2.45, 2.75) is 33.3 Å². The molecule has 0 unspecified atom stereocenters. The van der Waals surface area contributed by atoms with Crippen LogP contribution in [0, 0.1) is 0 Å². The van der Waals surface area contributed by atoms with Gasteiger partial charge in [0.05, 0.1) is 18.9 Å². The van der Waals surface area contributed by atoms with Gasteiger partial charge in [-0.1, -0.05) is 55.3 Å². The van der Waals surface area contributed by atoms with Crippen LogP contribution < -0.4 is 10.1 Å². The Labute approximate surface area is 199 Å². The minimum Gasteiger partial charge on any atom is -0.494 e. The number of hydrogen-bond acceptors (Lipinski definition) is 4. The summed E-state index contributed by atoms with van der Waals surface area (Å²) in [5.41, 5.74) is 2.49. The van der Waals surface area contributed by atoms with Crippen LogP contribution in [0.25, 0.3) is 0 Å². The maximum absolute atomic E-state index is 13.1. The van der Waals surface area contributed by atoms with E-state index >= 15 is 0 Å². The molecule has 0 fully saturated rings. The SMILES string of the molecule is CCCCOCc1cc(C(=O)Nc2ccc(Cl)cc2C(=O)c2ccccc2)ccc1OCC. The molecule has 0 heterocycles. The van der Waals surface area contributed by atoms with Crippen molar-refractivity contribution in [1.29, 1.82) is 0 Å². The summed E-state index contributed by atoms with van der Waals surface area (Å²) >= 11 is 6.15. The zero-order valence-electron chi connectivity index (χ0n) is 18.9. The van der Waals surface area contributed by atoms with E-state index in [1.165, 1.54) is 0 Å². The zero-order chi connectivity index (χ0) is 23.6. The summed E-state index contributed by atoms with van der Waals surface area (Å²) in [7, 11) is 0. The molecule has 33 heavy (non-hydrogen) atoms. The summed E-state index contributed by atoms with van der Waals surface area (Å²) in [6, 6.07) is 19.0. The number of ketones is 1. The van der Waals surface area contributed by atoms with Crippen molar-refractivity contribution in [3.05, 3.63) is 94.0 Å². The summed E-state index contributed by atoms with van der Waals surface area (Å²) in [5, 5.41) is 3.28. The molecule has 0 radical (unpaired) electrons. The molecule has 6 heteroatoms. The molecule has 3 rings (SSSR count). The van der Waals surface area contributed by atoms with Gasteiger partial charge in [0.15, 0.2) is 5.78 Å². The Morgan fingerprint density at radius 2 is 1.73 bits per heavy atom. The first kappa shape index (κ1) is 24.5. The quantitative estimate of drug-likeness (QED) is 0.258. The highest BCUT2D eigenvalue weighted by Crippen LogP contribution is 2.26. The highest BCUT2D eigenvalue weighted by molar-refractivity contribution is 6.31. The molecule has 5 nitrogen and oxygen atoms in total. The van der Waals surface area contributed by atoms with E-state index in [4.69, 9.17) is 21.1 Å². The van der Waals surface area contributed by atoms with Gasteiger partial charge in [-0.25, -0.2) is 0 Å². The monoisotopic (exact) mass is 465 g/mol. The Hall–Kier alpha value is -3.15. The van der Waals surface area contributed by atoms with Gasteiger partial charge in [0, 0.05) is 33.9 Å². The first-order valence-corrected chi connectivity index (χ1v) is 11.4. The smallest absolute Gasteiger partial charge is 0.255 e. The van der Waals surface area contributed by atoms with Crippen LogP contribution in [0.15, 0.2) is 66.7 Å². The number of hydrogen-bond donors (Lipinski definition) is 1. The van der Waals surface area contributed by atoms with Crippen LogP contribution in [0.5, 0.6) is 5.75 Å². The van der Waals surface area contributed by atoms with Gasteiger partial charge >= 0.3 is 0 Å². The van der Waals surface area contributed by atoms with Gasteiger partial charge in [-0.15, -0.1) is 0 Å². The molecule has 0 bridgehead atoms. The molecule has 0 spiro atoms. The molecule has 0 saturated heterocycles. The Bertz CT molecular complexity index is 1100. The van der Waals surface area contributed by atoms with Gasteiger partial charge < -0.3 is 14.8 Å². The van der Waals surface area contributed by atoms with E-state index in [1.54, 1.807) is 60.7 Å². The highest BCUT2D eigenvalue weighted by Gasteiger charge is 2.18. The molecule has 0 aromatic heterocycles. The third-order valence-corrected chi connectivity index (χ3v) is 5.27. The molecule has 0 aliphatic carbocycles. The lowest BCUT2D eigenvalue weighted by Gasteiger charge is -2.14. The van der Waals surface area contributed by atoms with Gasteiger partial charge in [-0.05, 0) is 49.7 Å². The predicted octanol–water partition coefficient (Wildman–Crippen LogP) is 6.54. The topological polar surface area (TPSA) is 64.6 Å². The van der Waals surface area contributed by atoms with E-state index < -0.39 is 0 Å². The molecule has 3 aromatic carbocycles. The highest BCUT2D eigenvalue weighted by atomic mass is 35.5. The number of ether oxygens (including phenoxy) is 2. The van der Waals surface area contributed by atoms with E-state index in [0.717, 1.165) is 18.4 Å². The first-order chi connectivity index (χ1) is 16.0. The van der Waals surface area contributed by atoms with Gasteiger partial charge in [0.2, 0.25) is 0 Å². The second-order valence-corrected chi connectivity index (χ2v) is 7.94. The molecule has 172 valence electrons. The molecule has 1 N–H and O–H groups in total. The number of amides is 1. The fourth-order valence-electron chi connectivity index (χ4n) is 3.31. The maximum atomic E-state index is 13.1. The van der Waals surface area contributed by atoms with Crippen molar-refractivity contribution in [3.8, 4) is 5.75 Å². The lowest BCUT2D eigenvalue weighted by molar-refractivity contribution is 0.102. The average Bonchev–Trinajstić information content (AvgIpc) is 2.84. The van der Waals surface area contributed by atoms with Crippen molar-refractivity contribution in [1.82, 2.24) is 0 Å². The molecule has 3 aromatic rings. The maximum Gasteiger partial charge on any atom is 0.255 e. The molecular weight excluding hydrogens is 438 g/mol. The van der Waals surface area contributed by atoms with Crippen molar-refractivity contribution >= 4 is 29.0 Å². The summed E-state index contributed by atoms with van der Waals surface area (Å²) in [6.07, 6.45) is 2.02.